The summed E-state index contributed by atoms with van der Waals surface area (Å²) in [4.78, 5) is 11.1. The molecule has 0 heterocycles. The molecule has 17 heavy (non-hydrogen) atoms. The van der Waals surface area contributed by atoms with E-state index in [0.717, 1.165) is 5.56 Å². The van der Waals surface area contributed by atoms with Crippen LogP contribution in [0.4, 0.5) is 4.39 Å². The van der Waals surface area contributed by atoms with Crippen LogP contribution in [-0.2, 0) is 15.3 Å². The number of benzene rings is 1. The fourth-order valence-electron chi connectivity index (χ4n) is 1.25. The van der Waals surface area contributed by atoms with Gasteiger partial charge in [-0.25, -0.2) is 4.39 Å². The zero-order valence-corrected chi connectivity index (χ0v) is 10.7. The molecule has 0 aliphatic rings. The molecule has 0 saturated heterocycles. The first-order valence-corrected chi connectivity index (χ1v) is 6.38. The molecule has 0 saturated carbocycles. The van der Waals surface area contributed by atoms with Crippen LogP contribution in [0.5, 0.6) is 5.75 Å². The SMILES string of the molecule is CCOC(=O)CSCc1ccc(OC)c(F)c1. The monoisotopic (exact) mass is 258 g/mol. The maximum absolute atomic E-state index is 13.3. The summed E-state index contributed by atoms with van der Waals surface area (Å²) < 4.78 is 22.9. The molecule has 3 nitrogen and oxygen atoms in total. The Morgan fingerprint density at radius 3 is 2.82 bits per heavy atom. The van der Waals surface area contributed by atoms with Gasteiger partial charge in [-0.1, -0.05) is 6.07 Å². The third-order valence-corrected chi connectivity index (χ3v) is 2.99. The number of carbonyl (C=O) groups is 1. The standard InChI is InChI=1S/C12H15FO3S/c1-3-16-12(14)8-17-7-9-4-5-11(15-2)10(13)6-9/h4-6H,3,7-8H2,1-2H3. The predicted octanol–water partition coefficient (Wildman–Crippen LogP) is 2.63. The first-order chi connectivity index (χ1) is 8.17. The Kier molecular flexibility index (Phi) is 5.83. The van der Waals surface area contributed by atoms with E-state index in [4.69, 9.17) is 9.47 Å². The maximum atomic E-state index is 13.3. The van der Waals surface area contributed by atoms with Crippen molar-refractivity contribution in [3.63, 3.8) is 0 Å². The Balaban J connectivity index is 2.42. The van der Waals surface area contributed by atoms with Gasteiger partial charge in [0.15, 0.2) is 11.6 Å². The molecular formula is C12H15FO3S. The lowest BCUT2D eigenvalue weighted by atomic mass is 10.2. The average Bonchev–Trinajstić information content (AvgIpc) is 2.29. The van der Waals surface area contributed by atoms with Gasteiger partial charge in [0, 0.05) is 5.75 Å². The van der Waals surface area contributed by atoms with Gasteiger partial charge >= 0.3 is 5.97 Å². The van der Waals surface area contributed by atoms with Gasteiger partial charge in [0.1, 0.15) is 0 Å². The minimum absolute atomic E-state index is 0.226. The van der Waals surface area contributed by atoms with Gasteiger partial charge in [0.2, 0.25) is 0 Å². The van der Waals surface area contributed by atoms with Gasteiger partial charge in [-0.15, -0.1) is 11.8 Å². The Labute approximate surface area is 104 Å². The number of esters is 1. The lowest BCUT2D eigenvalue weighted by Gasteiger charge is -2.05. The Morgan fingerprint density at radius 1 is 1.47 bits per heavy atom. The molecule has 1 aromatic carbocycles. The Morgan fingerprint density at radius 2 is 2.24 bits per heavy atom. The van der Waals surface area contributed by atoms with Crippen LogP contribution in [0.1, 0.15) is 12.5 Å². The van der Waals surface area contributed by atoms with E-state index in [1.165, 1.54) is 24.9 Å². The van der Waals surface area contributed by atoms with Crippen molar-refractivity contribution in [2.24, 2.45) is 0 Å². The molecule has 94 valence electrons. The number of hydrogen-bond acceptors (Lipinski definition) is 4. The van der Waals surface area contributed by atoms with Crippen molar-refractivity contribution >= 4 is 17.7 Å². The molecule has 1 aromatic rings. The normalized spacial score (nSPS) is 10.1. The van der Waals surface area contributed by atoms with E-state index < -0.39 is 0 Å². The molecule has 0 aromatic heterocycles. The van der Waals surface area contributed by atoms with Crippen molar-refractivity contribution in [1.29, 1.82) is 0 Å². The minimum Gasteiger partial charge on any atom is -0.494 e. The lowest BCUT2D eigenvalue weighted by Crippen LogP contribution is -2.06. The van der Waals surface area contributed by atoms with Crippen molar-refractivity contribution in [2.75, 3.05) is 19.5 Å². The van der Waals surface area contributed by atoms with Gasteiger partial charge in [-0.3, -0.25) is 4.79 Å². The van der Waals surface area contributed by atoms with E-state index in [-0.39, 0.29) is 23.3 Å². The summed E-state index contributed by atoms with van der Waals surface area (Å²) in [5.41, 5.74) is 0.817. The molecule has 0 bridgehead atoms. The average molecular weight is 258 g/mol. The van der Waals surface area contributed by atoms with Crippen LogP contribution in [0.25, 0.3) is 0 Å². The van der Waals surface area contributed by atoms with Crippen LogP contribution in [0, 0.1) is 5.82 Å². The summed E-state index contributed by atoms with van der Waals surface area (Å²) >= 11 is 1.39. The van der Waals surface area contributed by atoms with Crippen LogP contribution >= 0.6 is 11.8 Å². The number of carbonyl (C=O) groups excluding carboxylic acids is 1. The van der Waals surface area contributed by atoms with E-state index in [1.54, 1.807) is 19.1 Å². The van der Waals surface area contributed by atoms with Gasteiger partial charge in [-0.05, 0) is 24.6 Å². The minimum atomic E-state index is -0.387. The third-order valence-electron chi connectivity index (χ3n) is 2.01. The number of halogens is 1. The summed E-state index contributed by atoms with van der Waals surface area (Å²) in [5, 5.41) is 0. The second-order valence-corrected chi connectivity index (χ2v) is 4.25. The second-order valence-electron chi connectivity index (χ2n) is 3.27. The van der Waals surface area contributed by atoms with Crippen molar-refractivity contribution in [3.05, 3.63) is 29.6 Å². The first-order valence-electron chi connectivity index (χ1n) is 5.23. The molecule has 0 radical (unpaired) electrons. The highest BCUT2D eigenvalue weighted by Gasteiger charge is 2.05. The van der Waals surface area contributed by atoms with Crippen molar-refractivity contribution < 1.29 is 18.7 Å². The fraction of sp³-hybridized carbons (Fsp3) is 0.417. The van der Waals surface area contributed by atoms with E-state index >= 15 is 0 Å². The second kappa shape index (κ2) is 7.17. The summed E-state index contributed by atoms with van der Waals surface area (Å²) in [6.07, 6.45) is 0. The van der Waals surface area contributed by atoms with Crippen LogP contribution in [0.3, 0.4) is 0 Å². The number of ether oxygens (including phenoxy) is 2. The smallest absolute Gasteiger partial charge is 0.315 e. The molecule has 1 rings (SSSR count). The van der Waals surface area contributed by atoms with Crippen molar-refractivity contribution in [1.82, 2.24) is 0 Å². The highest BCUT2D eigenvalue weighted by Crippen LogP contribution is 2.20. The summed E-state index contributed by atoms with van der Waals surface area (Å²) in [7, 11) is 1.42. The molecular weight excluding hydrogens is 243 g/mol. The fourth-order valence-corrected chi connectivity index (χ4v) is 2.02. The Bertz CT molecular complexity index is 382. The van der Waals surface area contributed by atoms with Crippen molar-refractivity contribution in [3.8, 4) is 5.75 Å². The molecule has 0 unspecified atom stereocenters. The van der Waals surface area contributed by atoms with Gasteiger partial charge in [0.05, 0.1) is 19.5 Å². The molecule has 5 heteroatoms. The molecule has 0 fully saturated rings. The van der Waals surface area contributed by atoms with Crippen molar-refractivity contribution in [2.45, 2.75) is 12.7 Å². The van der Waals surface area contributed by atoms with Gasteiger partial charge in [-0.2, -0.15) is 0 Å². The summed E-state index contributed by atoms with van der Waals surface area (Å²) in [5.74, 6) is 0.443. The quantitative estimate of drug-likeness (QED) is 0.735. The van der Waals surface area contributed by atoms with Crippen LogP contribution in [0.15, 0.2) is 18.2 Å². The first kappa shape index (κ1) is 13.8. The highest BCUT2D eigenvalue weighted by atomic mass is 32.2. The third kappa shape index (κ3) is 4.65. The maximum Gasteiger partial charge on any atom is 0.315 e. The molecule has 0 atom stereocenters. The topological polar surface area (TPSA) is 35.5 Å². The number of thioether (sulfide) groups is 1. The molecule has 0 N–H and O–H groups in total. The van der Waals surface area contributed by atoms with Gasteiger partial charge < -0.3 is 9.47 Å². The summed E-state index contributed by atoms with van der Waals surface area (Å²) in [6.45, 7) is 2.15. The zero-order chi connectivity index (χ0) is 12.7. The van der Waals surface area contributed by atoms with E-state index in [2.05, 4.69) is 0 Å². The van der Waals surface area contributed by atoms with E-state index in [0.29, 0.717) is 12.4 Å². The number of methoxy groups -OCH3 is 1. The van der Waals surface area contributed by atoms with E-state index in [9.17, 15) is 9.18 Å². The van der Waals surface area contributed by atoms with Crippen LogP contribution in [0.2, 0.25) is 0 Å². The lowest BCUT2D eigenvalue weighted by molar-refractivity contribution is -0.139. The highest BCUT2D eigenvalue weighted by molar-refractivity contribution is 7.99. The summed E-state index contributed by atoms with van der Waals surface area (Å²) in [6, 6.07) is 4.77. The molecule has 0 aliphatic heterocycles. The van der Waals surface area contributed by atoms with Crippen LogP contribution in [-0.4, -0.2) is 25.4 Å². The largest absolute Gasteiger partial charge is 0.494 e. The van der Waals surface area contributed by atoms with Crippen LogP contribution < -0.4 is 4.74 Å². The predicted molar refractivity (Wildman–Crippen MR) is 65.7 cm³/mol. The molecule has 0 spiro atoms. The van der Waals surface area contributed by atoms with Gasteiger partial charge in [0.25, 0.3) is 0 Å². The number of rotatable bonds is 6. The molecule has 0 amide bonds. The van der Waals surface area contributed by atoms with E-state index in [1.807, 2.05) is 0 Å². The zero-order valence-electron chi connectivity index (χ0n) is 9.86. The molecule has 0 aliphatic carbocycles. The Hall–Kier alpha value is -1.23. The number of hydrogen-bond donors (Lipinski definition) is 0.